The molecule has 2 aromatic carbocycles. The van der Waals surface area contributed by atoms with Crippen LogP contribution in [-0.2, 0) is 5.33 Å². The van der Waals surface area contributed by atoms with Gasteiger partial charge in [-0.3, -0.25) is 0 Å². The van der Waals surface area contributed by atoms with Gasteiger partial charge in [0.2, 0.25) is 0 Å². The topological polar surface area (TPSA) is 0 Å². The predicted octanol–water partition coefficient (Wildman–Crippen LogP) is 6.86. The molecular formula is C13H7BrCl4. The Morgan fingerprint density at radius 2 is 1.44 bits per heavy atom. The van der Waals surface area contributed by atoms with Gasteiger partial charge in [0.15, 0.2) is 0 Å². The molecule has 0 saturated heterocycles. The van der Waals surface area contributed by atoms with Gasteiger partial charge in [-0.1, -0.05) is 68.4 Å². The van der Waals surface area contributed by atoms with E-state index in [1.54, 1.807) is 12.1 Å². The number of rotatable bonds is 2. The van der Waals surface area contributed by atoms with Crippen molar-refractivity contribution in [1.82, 2.24) is 0 Å². The van der Waals surface area contributed by atoms with E-state index in [9.17, 15) is 0 Å². The van der Waals surface area contributed by atoms with Crippen molar-refractivity contribution < 1.29 is 0 Å². The van der Waals surface area contributed by atoms with Crippen molar-refractivity contribution in [1.29, 1.82) is 0 Å². The molecule has 0 heterocycles. The summed E-state index contributed by atoms with van der Waals surface area (Å²) >= 11 is 27.9. The largest absolute Gasteiger partial charge is 0.0876 e. The first-order chi connectivity index (χ1) is 8.54. The maximum atomic E-state index is 6.21. The van der Waals surface area contributed by atoms with Crippen LogP contribution in [0, 0.1) is 0 Å². The third kappa shape index (κ3) is 2.81. The summed E-state index contributed by atoms with van der Waals surface area (Å²) in [6.07, 6.45) is 0. The fourth-order valence-corrected chi connectivity index (χ4v) is 3.18. The van der Waals surface area contributed by atoms with Crippen LogP contribution < -0.4 is 0 Å². The smallest absolute Gasteiger partial charge is 0.0685 e. The van der Waals surface area contributed by atoms with Gasteiger partial charge in [0.05, 0.1) is 10.0 Å². The predicted molar refractivity (Wildman–Crippen MR) is 84.5 cm³/mol. The monoisotopic (exact) mass is 382 g/mol. The van der Waals surface area contributed by atoms with Crippen molar-refractivity contribution in [2.45, 2.75) is 5.33 Å². The van der Waals surface area contributed by atoms with Crippen LogP contribution in [-0.4, -0.2) is 0 Å². The van der Waals surface area contributed by atoms with E-state index in [-0.39, 0.29) is 0 Å². The van der Waals surface area contributed by atoms with E-state index >= 15 is 0 Å². The molecule has 0 spiro atoms. The molecule has 0 nitrogen and oxygen atoms in total. The quantitative estimate of drug-likeness (QED) is 0.391. The SMILES string of the molecule is Clc1ccc(-c2c(Cl)ccc(Cl)c2Cl)cc1CBr. The molecule has 0 radical (unpaired) electrons. The van der Waals surface area contributed by atoms with Gasteiger partial charge in [-0.15, -0.1) is 0 Å². The molecule has 0 fully saturated rings. The fourth-order valence-electron chi connectivity index (χ4n) is 1.62. The molecule has 0 aliphatic heterocycles. The van der Waals surface area contributed by atoms with Gasteiger partial charge in [0.25, 0.3) is 0 Å². The lowest BCUT2D eigenvalue weighted by atomic mass is 10.0. The molecule has 0 aliphatic rings. The molecule has 18 heavy (non-hydrogen) atoms. The van der Waals surface area contributed by atoms with Crippen molar-refractivity contribution in [3.63, 3.8) is 0 Å². The lowest BCUT2D eigenvalue weighted by molar-refractivity contribution is 1.43. The second kappa shape index (κ2) is 6.02. The van der Waals surface area contributed by atoms with E-state index in [1.807, 2.05) is 18.2 Å². The van der Waals surface area contributed by atoms with Crippen LogP contribution in [0.4, 0.5) is 0 Å². The molecule has 0 saturated carbocycles. The molecule has 0 unspecified atom stereocenters. The standard InChI is InChI=1S/C13H7BrCl4/c14-6-8-5-7(1-2-9(8)15)12-10(16)3-4-11(17)13(12)18/h1-5H,6H2. The zero-order valence-electron chi connectivity index (χ0n) is 8.98. The molecule has 0 atom stereocenters. The highest BCUT2D eigenvalue weighted by Crippen LogP contribution is 2.40. The highest BCUT2D eigenvalue weighted by molar-refractivity contribution is 9.08. The summed E-state index contributed by atoms with van der Waals surface area (Å²) < 4.78 is 0. The van der Waals surface area contributed by atoms with Crippen molar-refractivity contribution in [3.8, 4) is 11.1 Å². The number of hydrogen-bond acceptors (Lipinski definition) is 0. The Morgan fingerprint density at radius 1 is 0.833 bits per heavy atom. The van der Waals surface area contributed by atoms with Crippen LogP contribution in [0.3, 0.4) is 0 Å². The van der Waals surface area contributed by atoms with Gasteiger partial charge in [0.1, 0.15) is 0 Å². The van der Waals surface area contributed by atoms with E-state index in [2.05, 4.69) is 15.9 Å². The second-order valence-corrected chi connectivity index (χ2v) is 5.82. The molecule has 5 heteroatoms. The highest BCUT2D eigenvalue weighted by atomic mass is 79.9. The average Bonchev–Trinajstić information content (AvgIpc) is 2.36. The summed E-state index contributed by atoms with van der Waals surface area (Å²) in [7, 11) is 0. The Morgan fingerprint density at radius 3 is 2.11 bits per heavy atom. The van der Waals surface area contributed by atoms with Gasteiger partial charge >= 0.3 is 0 Å². The number of hydrogen-bond donors (Lipinski definition) is 0. The Bertz CT molecular complexity index is 596. The molecule has 0 aliphatic carbocycles. The highest BCUT2D eigenvalue weighted by Gasteiger charge is 2.13. The second-order valence-electron chi connectivity index (χ2n) is 3.66. The van der Waals surface area contributed by atoms with Gasteiger partial charge in [-0.05, 0) is 35.4 Å². The molecule has 0 bridgehead atoms. The molecule has 2 rings (SSSR count). The zero-order valence-corrected chi connectivity index (χ0v) is 13.6. The minimum atomic E-state index is 0.451. The van der Waals surface area contributed by atoms with E-state index in [1.165, 1.54) is 0 Å². The first-order valence-corrected chi connectivity index (χ1v) is 7.66. The maximum absolute atomic E-state index is 6.21. The van der Waals surface area contributed by atoms with Crippen LogP contribution in [0.15, 0.2) is 30.3 Å². The molecule has 94 valence electrons. The van der Waals surface area contributed by atoms with Crippen LogP contribution in [0.5, 0.6) is 0 Å². The Hall–Kier alpha value is 0.0800. The van der Waals surface area contributed by atoms with Crippen molar-refractivity contribution in [2.24, 2.45) is 0 Å². The lowest BCUT2D eigenvalue weighted by Gasteiger charge is -2.10. The fraction of sp³-hybridized carbons (Fsp3) is 0.0769. The van der Waals surface area contributed by atoms with Crippen LogP contribution in [0.2, 0.25) is 20.1 Å². The van der Waals surface area contributed by atoms with E-state index in [0.29, 0.717) is 25.4 Å². The van der Waals surface area contributed by atoms with Gasteiger partial charge in [-0.25, -0.2) is 0 Å². The number of benzene rings is 2. The van der Waals surface area contributed by atoms with Gasteiger partial charge < -0.3 is 0 Å². The first-order valence-electron chi connectivity index (χ1n) is 5.03. The van der Waals surface area contributed by atoms with Gasteiger partial charge in [-0.2, -0.15) is 0 Å². The molecule has 0 amide bonds. The lowest BCUT2D eigenvalue weighted by Crippen LogP contribution is -1.86. The summed E-state index contributed by atoms with van der Waals surface area (Å²) in [4.78, 5) is 0. The molecule has 0 aromatic heterocycles. The first kappa shape index (κ1) is 14.5. The Balaban J connectivity index is 2.65. The third-order valence-corrected chi connectivity index (χ3v) is 4.61. The summed E-state index contributed by atoms with van der Waals surface area (Å²) in [5, 5.41) is 2.85. The van der Waals surface area contributed by atoms with E-state index in [4.69, 9.17) is 46.4 Å². The average molecular weight is 385 g/mol. The third-order valence-electron chi connectivity index (χ3n) is 2.52. The van der Waals surface area contributed by atoms with Gasteiger partial charge in [0, 0.05) is 20.9 Å². The van der Waals surface area contributed by atoms with E-state index < -0.39 is 0 Å². The summed E-state index contributed by atoms with van der Waals surface area (Å²) in [6, 6.07) is 9.05. The maximum Gasteiger partial charge on any atom is 0.0685 e. The van der Waals surface area contributed by atoms with Crippen molar-refractivity contribution in [2.75, 3.05) is 0 Å². The van der Waals surface area contributed by atoms with E-state index in [0.717, 1.165) is 16.7 Å². The van der Waals surface area contributed by atoms with Crippen LogP contribution in [0.25, 0.3) is 11.1 Å². The zero-order chi connectivity index (χ0) is 13.3. The Labute approximate surface area is 134 Å². The minimum absolute atomic E-state index is 0.451. The molecule has 2 aromatic rings. The van der Waals surface area contributed by atoms with Crippen LogP contribution >= 0.6 is 62.3 Å². The summed E-state index contributed by atoms with van der Waals surface area (Å²) in [5.74, 6) is 0. The summed E-state index contributed by atoms with van der Waals surface area (Å²) in [5.41, 5.74) is 2.59. The number of alkyl halides is 1. The minimum Gasteiger partial charge on any atom is -0.0876 e. The molecule has 0 N–H and O–H groups in total. The van der Waals surface area contributed by atoms with Crippen molar-refractivity contribution in [3.05, 3.63) is 56.0 Å². The van der Waals surface area contributed by atoms with Crippen LogP contribution in [0.1, 0.15) is 5.56 Å². The number of halogens is 5. The Kier molecular flexibility index (Phi) is 4.85. The van der Waals surface area contributed by atoms with Crippen molar-refractivity contribution >= 4 is 62.3 Å². The molecular weight excluding hydrogens is 378 g/mol. The normalized spacial score (nSPS) is 10.7. The summed E-state index contributed by atoms with van der Waals surface area (Å²) in [6.45, 7) is 0.